The van der Waals surface area contributed by atoms with Crippen molar-refractivity contribution in [3.8, 4) is 0 Å². The van der Waals surface area contributed by atoms with E-state index >= 15 is 0 Å². The van der Waals surface area contributed by atoms with Gasteiger partial charge in [0.25, 0.3) is 0 Å². The van der Waals surface area contributed by atoms with Gasteiger partial charge in [0.2, 0.25) is 17.7 Å². The number of aromatic nitrogens is 2. The summed E-state index contributed by atoms with van der Waals surface area (Å²) in [4.78, 5) is 69.5. The van der Waals surface area contributed by atoms with Crippen molar-refractivity contribution < 1.29 is 34.2 Å². The molecule has 2 aromatic heterocycles. The number of hydrogen-bond donors (Lipinski definition) is 8. The number of H-pyrrole nitrogens is 2. The molecule has 0 spiro atoms. The first kappa shape index (κ1) is 32.7. The van der Waals surface area contributed by atoms with Gasteiger partial charge in [0.15, 0.2) is 0 Å². The van der Waals surface area contributed by atoms with E-state index in [1.54, 1.807) is 26.2 Å². The average Bonchev–Trinajstić information content (AvgIpc) is 3.62. The Morgan fingerprint density at radius 1 is 0.756 bits per heavy atom. The minimum Gasteiger partial charge on any atom is -0.481 e. The van der Waals surface area contributed by atoms with E-state index in [0.717, 1.165) is 32.9 Å². The Balaban J connectivity index is 1.56. The molecule has 5 atom stereocenters. The van der Waals surface area contributed by atoms with E-state index in [-0.39, 0.29) is 12.8 Å². The lowest BCUT2D eigenvalue weighted by molar-refractivity contribution is -0.147. The summed E-state index contributed by atoms with van der Waals surface area (Å²) in [6.45, 7) is 3.49. The Morgan fingerprint density at radius 3 is 1.82 bits per heavy atom. The van der Waals surface area contributed by atoms with E-state index in [0.29, 0.717) is 6.42 Å². The number of carbonyl (C=O) groups excluding carboxylic acids is 3. The number of aromatic amines is 2. The fraction of sp³-hybridized carbons (Fsp3) is 0.344. The summed E-state index contributed by atoms with van der Waals surface area (Å²) in [5.41, 5.74) is 9.65. The van der Waals surface area contributed by atoms with E-state index in [1.165, 1.54) is 0 Å². The molecule has 0 aliphatic heterocycles. The van der Waals surface area contributed by atoms with Crippen molar-refractivity contribution in [2.45, 2.75) is 63.7 Å². The normalized spacial score (nSPS) is 14.6. The van der Waals surface area contributed by atoms with Crippen LogP contribution in [0, 0.1) is 5.92 Å². The molecule has 0 radical (unpaired) electrons. The Bertz CT molecular complexity index is 1700. The number of aliphatic carboxylic acids is 2. The first-order valence-corrected chi connectivity index (χ1v) is 14.7. The van der Waals surface area contributed by atoms with Gasteiger partial charge in [0.05, 0.1) is 12.5 Å². The van der Waals surface area contributed by atoms with Crippen LogP contribution in [0.2, 0.25) is 0 Å². The van der Waals surface area contributed by atoms with Crippen LogP contribution in [0.15, 0.2) is 60.9 Å². The molecule has 13 heteroatoms. The fourth-order valence-corrected chi connectivity index (χ4v) is 5.23. The molecule has 5 unspecified atom stereocenters. The summed E-state index contributed by atoms with van der Waals surface area (Å²) < 4.78 is 0. The third kappa shape index (κ3) is 8.06. The Morgan fingerprint density at radius 2 is 1.29 bits per heavy atom. The first-order chi connectivity index (χ1) is 21.5. The molecule has 3 amide bonds. The molecule has 0 aliphatic rings. The van der Waals surface area contributed by atoms with Crippen molar-refractivity contribution in [1.29, 1.82) is 0 Å². The average molecular weight is 619 g/mol. The number of nitrogens with two attached hydrogens (primary N) is 1. The highest BCUT2D eigenvalue weighted by Crippen LogP contribution is 2.21. The molecular weight excluding hydrogens is 580 g/mol. The summed E-state index contributed by atoms with van der Waals surface area (Å²) in [6, 6.07) is 10.0. The highest BCUT2D eigenvalue weighted by atomic mass is 16.4. The number of nitrogens with one attached hydrogen (secondary N) is 5. The maximum Gasteiger partial charge on any atom is 0.326 e. The van der Waals surface area contributed by atoms with Gasteiger partial charge in [-0.2, -0.15) is 0 Å². The molecule has 0 saturated heterocycles. The van der Waals surface area contributed by atoms with Gasteiger partial charge < -0.3 is 41.9 Å². The van der Waals surface area contributed by atoms with Gasteiger partial charge >= 0.3 is 11.9 Å². The summed E-state index contributed by atoms with van der Waals surface area (Å²) in [5.74, 6) is -5.48. The van der Waals surface area contributed by atoms with Crippen molar-refractivity contribution >= 4 is 51.5 Å². The van der Waals surface area contributed by atoms with Crippen molar-refractivity contribution in [3.63, 3.8) is 0 Å². The SMILES string of the molecule is CCC(C)C(NC(=O)C(Cc1c[nH]c2ccccc12)NC(=O)C(N)Cc1c[nH]c2ccccc12)C(=O)NC(CC(=O)O)C(=O)O. The van der Waals surface area contributed by atoms with Crippen LogP contribution in [0.1, 0.15) is 37.8 Å². The Labute approximate surface area is 258 Å². The van der Waals surface area contributed by atoms with Crippen LogP contribution in [0.25, 0.3) is 21.8 Å². The standard InChI is InChI=1S/C32H38N6O7/c1-3-17(2)28(31(43)37-26(32(44)45)14-27(39)40)38-30(42)25(13-19-16-35-24-11-7-5-9-21(19)24)36-29(41)22(33)12-18-15-34-23-10-6-4-8-20(18)23/h4-11,15-17,22,25-26,28,34-35H,3,12-14,33H2,1-2H3,(H,36,41)(H,37,43)(H,38,42)(H,39,40)(H,44,45). The molecule has 0 fully saturated rings. The van der Waals surface area contributed by atoms with E-state index in [2.05, 4.69) is 25.9 Å². The number of carboxylic acids is 2. The molecule has 0 aliphatic carbocycles. The minimum atomic E-state index is -1.69. The quantitative estimate of drug-likeness (QED) is 0.0980. The molecule has 45 heavy (non-hydrogen) atoms. The largest absolute Gasteiger partial charge is 0.481 e. The van der Waals surface area contributed by atoms with Crippen LogP contribution in [0.4, 0.5) is 0 Å². The fourth-order valence-electron chi connectivity index (χ4n) is 5.23. The van der Waals surface area contributed by atoms with E-state index in [4.69, 9.17) is 10.8 Å². The van der Waals surface area contributed by atoms with E-state index in [9.17, 15) is 29.1 Å². The molecular formula is C32H38N6O7. The summed E-state index contributed by atoms with van der Waals surface area (Å²) in [6.07, 6.45) is 3.39. The maximum atomic E-state index is 13.8. The molecule has 2 heterocycles. The maximum absolute atomic E-state index is 13.8. The van der Waals surface area contributed by atoms with Crippen LogP contribution in [0.3, 0.4) is 0 Å². The van der Waals surface area contributed by atoms with Gasteiger partial charge in [-0.25, -0.2) is 4.79 Å². The number of carboxylic acid groups (broad SMARTS) is 2. The second-order valence-electron chi connectivity index (χ2n) is 11.2. The van der Waals surface area contributed by atoms with E-state index < -0.39 is 66.2 Å². The zero-order chi connectivity index (χ0) is 32.7. The van der Waals surface area contributed by atoms with Gasteiger partial charge in [0.1, 0.15) is 18.1 Å². The number of benzene rings is 2. The summed E-state index contributed by atoms with van der Waals surface area (Å²) in [7, 11) is 0. The van der Waals surface area contributed by atoms with E-state index in [1.807, 2.05) is 48.5 Å². The number of amides is 3. The number of rotatable bonds is 15. The third-order valence-electron chi connectivity index (χ3n) is 7.97. The Hall–Kier alpha value is -5.17. The van der Waals surface area contributed by atoms with Crippen LogP contribution in [0.5, 0.6) is 0 Å². The molecule has 2 aromatic carbocycles. The number of hydrogen-bond acceptors (Lipinski definition) is 6. The van der Waals surface area contributed by atoms with Crippen molar-refractivity contribution in [2.24, 2.45) is 11.7 Å². The zero-order valence-corrected chi connectivity index (χ0v) is 25.0. The third-order valence-corrected chi connectivity index (χ3v) is 7.97. The number of carbonyl (C=O) groups is 5. The van der Waals surface area contributed by atoms with Gasteiger partial charge in [-0.3, -0.25) is 19.2 Å². The molecule has 4 aromatic rings. The second-order valence-corrected chi connectivity index (χ2v) is 11.2. The second kappa shape index (κ2) is 14.5. The minimum absolute atomic E-state index is 0.0625. The lowest BCUT2D eigenvalue weighted by Crippen LogP contribution is -2.59. The summed E-state index contributed by atoms with van der Waals surface area (Å²) in [5, 5.41) is 27.9. The highest BCUT2D eigenvalue weighted by molar-refractivity contribution is 5.96. The molecule has 13 nitrogen and oxygen atoms in total. The van der Waals surface area contributed by atoms with Crippen molar-refractivity contribution in [3.05, 3.63) is 72.1 Å². The molecule has 0 bridgehead atoms. The van der Waals surface area contributed by atoms with Crippen LogP contribution in [-0.4, -0.2) is 74.0 Å². The van der Waals surface area contributed by atoms with Crippen molar-refractivity contribution in [1.82, 2.24) is 25.9 Å². The van der Waals surface area contributed by atoms with Gasteiger partial charge in [-0.05, 0) is 35.6 Å². The summed E-state index contributed by atoms with van der Waals surface area (Å²) >= 11 is 0. The zero-order valence-electron chi connectivity index (χ0n) is 25.0. The van der Waals surface area contributed by atoms with Gasteiger partial charge in [-0.15, -0.1) is 0 Å². The molecule has 0 saturated carbocycles. The highest BCUT2D eigenvalue weighted by Gasteiger charge is 2.34. The Kier molecular flexibility index (Phi) is 10.6. The predicted molar refractivity (Wildman–Crippen MR) is 167 cm³/mol. The molecule has 4 rings (SSSR count). The van der Waals surface area contributed by atoms with Crippen LogP contribution >= 0.6 is 0 Å². The van der Waals surface area contributed by atoms with Crippen LogP contribution in [-0.2, 0) is 36.8 Å². The monoisotopic (exact) mass is 618 g/mol. The smallest absolute Gasteiger partial charge is 0.326 e. The first-order valence-electron chi connectivity index (χ1n) is 14.7. The van der Waals surface area contributed by atoms with Gasteiger partial charge in [-0.1, -0.05) is 56.7 Å². The lowest BCUT2D eigenvalue weighted by atomic mass is 9.96. The molecule has 238 valence electrons. The molecule has 9 N–H and O–H groups in total. The topological polar surface area (TPSA) is 219 Å². The van der Waals surface area contributed by atoms with Crippen molar-refractivity contribution in [2.75, 3.05) is 0 Å². The van der Waals surface area contributed by atoms with Crippen LogP contribution < -0.4 is 21.7 Å². The van der Waals surface area contributed by atoms with Gasteiger partial charge in [0, 0.05) is 40.6 Å². The number of para-hydroxylation sites is 2. The lowest BCUT2D eigenvalue weighted by Gasteiger charge is -2.28. The predicted octanol–water partition coefficient (Wildman–Crippen LogP) is 1.82. The number of fused-ring (bicyclic) bond motifs is 2.